The number of carbonyl (C=O) groups is 1. The molecule has 2 aliphatic rings. The largest absolute Gasteiger partial charge is 0.373 e. The average Bonchev–Trinajstić information content (AvgIpc) is 3.33. The van der Waals surface area contributed by atoms with Gasteiger partial charge in [-0.05, 0) is 18.6 Å². The Morgan fingerprint density at radius 1 is 1.34 bits per heavy atom. The van der Waals surface area contributed by atoms with Crippen molar-refractivity contribution in [2.24, 2.45) is 0 Å². The summed E-state index contributed by atoms with van der Waals surface area (Å²) in [6, 6.07) is 3.06. The lowest BCUT2D eigenvalue weighted by molar-refractivity contribution is -0.102. The average molecular weight is 447 g/mol. The Hall–Kier alpha value is -3.57. The van der Waals surface area contributed by atoms with Crippen molar-refractivity contribution in [2.75, 3.05) is 17.7 Å². The Balaban J connectivity index is 1.48. The van der Waals surface area contributed by atoms with E-state index in [-0.39, 0.29) is 35.6 Å². The summed E-state index contributed by atoms with van der Waals surface area (Å²) in [4.78, 5) is 29.7. The minimum atomic E-state index is -2.93. The third-order valence-electron chi connectivity index (χ3n) is 5.83. The molecule has 2 aliphatic carbocycles. The van der Waals surface area contributed by atoms with Crippen molar-refractivity contribution in [1.29, 1.82) is 0 Å². The summed E-state index contributed by atoms with van der Waals surface area (Å²) in [5, 5.41) is 12.3. The number of halogens is 3. The van der Waals surface area contributed by atoms with Gasteiger partial charge in [-0.1, -0.05) is 0 Å². The third kappa shape index (κ3) is 3.35. The number of nitrogens with one attached hydrogen (secondary N) is 3. The van der Waals surface area contributed by atoms with Gasteiger partial charge in [0.25, 0.3) is 17.4 Å². The molecule has 0 saturated heterocycles. The van der Waals surface area contributed by atoms with Crippen molar-refractivity contribution in [3.63, 3.8) is 0 Å². The zero-order chi connectivity index (χ0) is 22.6. The molecule has 3 aromatic rings. The molecule has 0 bridgehead atoms. The summed E-state index contributed by atoms with van der Waals surface area (Å²) in [5.74, 6) is -2.95. The smallest absolute Gasteiger partial charge is 0.274 e. The van der Waals surface area contributed by atoms with Gasteiger partial charge in [0, 0.05) is 32.2 Å². The zero-order valence-electron chi connectivity index (χ0n) is 17.0. The number of carbonyl (C=O) groups excluding carboxylic acids is 1. The van der Waals surface area contributed by atoms with Crippen molar-refractivity contribution >= 4 is 28.9 Å². The SMILES string of the molecule is CNc1cc(Nc2cccn([C@@H]3C[C@H]3F)c2=O)nc2c(C(=O)N[C@H]3CCC3(F)F)cnn12. The first-order chi connectivity index (χ1) is 15.3. The molecule has 3 atom stereocenters. The molecule has 9 nitrogen and oxygen atoms in total. The van der Waals surface area contributed by atoms with Gasteiger partial charge in [0.05, 0.1) is 18.3 Å². The van der Waals surface area contributed by atoms with Gasteiger partial charge in [0.1, 0.15) is 29.1 Å². The van der Waals surface area contributed by atoms with Crippen LogP contribution in [0.2, 0.25) is 0 Å². The second kappa shape index (κ2) is 7.24. The van der Waals surface area contributed by atoms with Crippen LogP contribution >= 0.6 is 0 Å². The van der Waals surface area contributed by atoms with E-state index in [4.69, 9.17) is 0 Å². The van der Waals surface area contributed by atoms with Gasteiger partial charge >= 0.3 is 0 Å². The maximum atomic E-state index is 13.6. The number of aromatic nitrogens is 4. The van der Waals surface area contributed by atoms with Gasteiger partial charge in [-0.2, -0.15) is 9.61 Å². The van der Waals surface area contributed by atoms with E-state index in [0.717, 1.165) is 0 Å². The topological polar surface area (TPSA) is 105 Å². The van der Waals surface area contributed by atoms with E-state index in [0.29, 0.717) is 12.2 Å². The monoisotopic (exact) mass is 447 g/mol. The lowest BCUT2D eigenvalue weighted by atomic mass is 9.88. The lowest BCUT2D eigenvalue weighted by Gasteiger charge is -2.36. The highest BCUT2D eigenvalue weighted by Gasteiger charge is 2.49. The standard InChI is InChI=1S/C20H20F3N7O2/c1-24-16-8-15(26-12-3-2-6-29(19(12)32)13-7-11(13)21)28-17-10(9-25-30(16)17)18(31)27-14-4-5-20(14,22)23/h2-3,6,8-9,11,13-14,24H,4-5,7H2,1H3,(H,26,28)(H,27,31)/t11-,13-,14+/m1/s1. The Morgan fingerprint density at radius 3 is 2.75 bits per heavy atom. The number of amides is 1. The summed E-state index contributed by atoms with van der Waals surface area (Å²) in [6.07, 6.45) is 1.98. The summed E-state index contributed by atoms with van der Waals surface area (Å²) < 4.78 is 43.3. The number of hydrogen-bond donors (Lipinski definition) is 3. The molecule has 3 heterocycles. The zero-order valence-corrected chi connectivity index (χ0v) is 17.0. The van der Waals surface area contributed by atoms with Crippen LogP contribution in [-0.2, 0) is 0 Å². The van der Waals surface area contributed by atoms with E-state index < -0.39 is 35.6 Å². The van der Waals surface area contributed by atoms with Crippen LogP contribution in [0.3, 0.4) is 0 Å². The molecule has 5 rings (SSSR count). The number of anilines is 3. The summed E-state index contributed by atoms with van der Waals surface area (Å²) in [6.45, 7) is 0. The van der Waals surface area contributed by atoms with E-state index in [1.165, 1.54) is 21.5 Å². The molecule has 0 unspecified atom stereocenters. The van der Waals surface area contributed by atoms with Crippen molar-refractivity contribution in [1.82, 2.24) is 24.5 Å². The fourth-order valence-electron chi connectivity index (χ4n) is 3.73. The summed E-state index contributed by atoms with van der Waals surface area (Å²) in [5.41, 5.74) is -0.0625. The Kier molecular flexibility index (Phi) is 4.60. The molecule has 2 saturated carbocycles. The van der Waals surface area contributed by atoms with Crippen LogP contribution in [-0.4, -0.2) is 50.3 Å². The van der Waals surface area contributed by atoms with Gasteiger partial charge in [-0.25, -0.2) is 18.2 Å². The van der Waals surface area contributed by atoms with E-state index >= 15 is 0 Å². The molecular formula is C20H20F3N7O2. The fourth-order valence-corrected chi connectivity index (χ4v) is 3.73. The first kappa shape index (κ1) is 20.3. The quantitative estimate of drug-likeness (QED) is 0.536. The number of hydrogen-bond acceptors (Lipinski definition) is 6. The van der Waals surface area contributed by atoms with E-state index in [1.807, 2.05) is 0 Å². The molecule has 1 amide bonds. The third-order valence-corrected chi connectivity index (χ3v) is 5.83. The molecule has 0 aromatic carbocycles. The Labute approximate surface area is 179 Å². The molecule has 12 heteroatoms. The molecule has 168 valence electrons. The van der Waals surface area contributed by atoms with Crippen LogP contribution < -0.4 is 21.5 Å². The van der Waals surface area contributed by atoms with Crippen molar-refractivity contribution in [2.45, 2.75) is 43.4 Å². The number of nitrogens with zero attached hydrogens (tertiary/aromatic N) is 4. The van der Waals surface area contributed by atoms with Crippen LogP contribution in [0.15, 0.2) is 35.4 Å². The van der Waals surface area contributed by atoms with Gasteiger partial charge in [0.2, 0.25) is 0 Å². The van der Waals surface area contributed by atoms with Crippen LogP contribution in [0.25, 0.3) is 5.65 Å². The maximum Gasteiger partial charge on any atom is 0.274 e. The molecule has 3 aromatic heterocycles. The number of rotatable bonds is 6. The van der Waals surface area contributed by atoms with Gasteiger partial charge < -0.3 is 20.5 Å². The number of pyridine rings is 1. The predicted molar refractivity (Wildman–Crippen MR) is 111 cm³/mol. The van der Waals surface area contributed by atoms with Crippen molar-refractivity contribution < 1.29 is 18.0 Å². The predicted octanol–water partition coefficient (Wildman–Crippen LogP) is 2.49. The van der Waals surface area contributed by atoms with Crippen LogP contribution in [0.4, 0.5) is 30.5 Å². The highest BCUT2D eigenvalue weighted by molar-refractivity contribution is 6.00. The first-order valence-corrected chi connectivity index (χ1v) is 10.2. The van der Waals surface area contributed by atoms with Gasteiger partial charge in [-0.15, -0.1) is 0 Å². The normalized spacial score (nSPS) is 23.4. The molecule has 0 spiro atoms. The Morgan fingerprint density at radius 2 is 2.12 bits per heavy atom. The van der Waals surface area contributed by atoms with Crippen LogP contribution in [0.5, 0.6) is 0 Å². The van der Waals surface area contributed by atoms with E-state index in [1.54, 1.807) is 25.2 Å². The first-order valence-electron chi connectivity index (χ1n) is 10.2. The molecule has 3 N–H and O–H groups in total. The maximum absolute atomic E-state index is 13.6. The Bertz CT molecular complexity index is 1270. The van der Waals surface area contributed by atoms with Gasteiger partial charge in [-0.3, -0.25) is 9.59 Å². The molecule has 0 radical (unpaired) electrons. The van der Waals surface area contributed by atoms with Crippen molar-refractivity contribution in [3.05, 3.63) is 46.5 Å². The molecule has 2 fully saturated rings. The molecule has 0 aliphatic heterocycles. The minimum absolute atomic E-state index is 0.0246. The minimum Gasteiger partial charge on any atom is -0.373 e. The molecular weight excluding hydrogens is 427 g/mol. The van der Waals surface area contributed by atoms with Crippen molar-refractivity contribution in [3.8, 4) is 0 Å². The second-order valence-electron chi connectivity index (χ2n) is 7.97. The van der Waals surface area contributed by atoms with Crippen LogP contribution in [0, 0.1) is 0 Å². The van der Waals surface area contributed by atoms with E-state index in [9.17, 15) is 22.8 Å². The fraction of sp³-hybridized carbons (Fsp3) is 0.400. The van der Waals surface area contributed by atoms with E-state index in [2.05, 4.69) is 26.0 Å². The number of alkyl halides is 3. The molecule has 32 heavy (non-hydrogen) atoms. The van der Waals surface area contributed by atoms with Crippen LogP contribution in [0.1, 0.15) is 35.7 Å². The summed E-state index contributed by atoms with van der Waals surface area (Å²) in [7, 11) is 1.64. The highest BCUT2D eigenvalue weighted by atomic mass is 19.3. The summed E-state index contributed by atoms with van der Waals surface area (Å²) >= 11 is 0. The lowest BCUT2D eigenvalue weighted by Crippen LogP contribution is -2.55. The van der Waals surface area contributed by atoms with Gasteiger partial charge in [0.15, 0.2) is 5.65 Å². The highest BCUT2D eigenvalue weighted by Crippen LogP contribution is 2.38. The second-order valence-corrected chi connectivity index (χ2v) is 7.97. The number of fused-ring (bicyclic) bond motifs is 1.